The minimum absolute atomic E-state index is 0.0409. The smallest absolute Gasteiger partial charge is 0.258 e. The standard InChI is InChI=1S/C29H45N3O5/c1-20-16-32(21(2)19-33)29(35)24-10-7-11-25(30-28(34)23-12-14-36-15-13-23)27(24)37-26(20)18-31(3)17-22-8-5-4-6-9-22/h7,10-11,20-23,26,33H,4-6,8-9,12-19H2,1-3H3,(H,30,34)/t20-,21+,26-/m0/s1. The molecule has 1 saturated carbocycles. The summed E-state index contributed by atoms with van der Waals surface area (Å²) >= 11 is 0. The molecule has 0 radical (unpaired) electrons. The van der Waals surface area contributed by atoms with Crippen molar-refractivity contribution in [3.8, 4) is 5.75 Å². The molecule has 3 aliphatic rings. The summed E-state index contributed by atoms with van der Waals surface area (Å²) in [6, 6.07) is 5.05. The normalized spacial score (nSPS) is 24.7. The van der Waals surface area contributed by atoms with Crippen molar-refractivity contribution >= 4 is 17.5 Å². The van der Waals surface area contributed by atoms with Crippen LogP contribution in [0, 0.1) is 17.8 Å². The molecule has 1 aliphatic carbocycles. The first kappa shape index (κ1) is 27.9. The van der Waals surface area contributed by atoms with Crippen LogP contribution < -0.4 is 10.1 Å². The lowest BCUT2D eigenvalue weighted by molar-refractivity contribution is -0.122. The number of rotatable bonds is 8. The Kier molecular flexibility index (Phi) is 9.84. The van der Waals surface area contributed by atoms with E-state index in [1.807, 2.05) is 13.0 Å². The van der Waals surface area contributed by atoms with Gasteiger partial charge in [-0.3, -0.25) is 9.59 Å². The second-order valence-electron chi connectivity index (χ2n) is 11.4. The molecule has 206 valence electrons. The number of fused-ring (bicyclic) bond motifs is 1. The Balaban J connectivity index is 1.60. The molecule has 0 spiro atoms. The number of carbonyl (C=O) groups is 2. The largest absolute Gasteiger partial charge is 0.486 e. The molecule has 8 heteroatoms. The van der Waals surface area contributed by atoms with Gasteiger partial charge in [0.15, 0.2) is 5.75 Å². The van der Waals surface area contributed by atoms with Gasteiger partial charge in [0.1, 0.15) is 6.10 Å². The molecule has 3 atom stereocenters. The van der Waals surface area contributed by atoms with Crippen LogP contribution in [0.4, 0.5) is 5.69 Å². The molecule has 2 amide bonds. The zero-order valence-corrected chi connectivity index (χ0v) is 22.8. The summed E-state index contributed by atoms with van der Waals surface area (Å²) in [4.78, 5) is 30.9. The molecule has 2 fully saturated rings. The topological polar surface area (TPSA) is 91.3 Å². The zero-order chi connectivity index (χ0) is 26.4. The molecule has 1 aromatic carbocycles. The first-order valence-corrected chi connectivity index (χ1v) is 14.2. The first-order chi connectivity index (χ1) is 17.9. The molecule has 2 N–H and O–H groups in total. The van der Waals surface area contributed by atoms with E-state index >= 15 is 0 Å². The summed E-state index contributed by atoms with van der Waals surface area (Å²) in [6.07, 6.45) is 7.75. The predicted molar refractivity (Wildman–Crippen MR) is 144 cm³/mol. The van der Waals surface area contributed by atoms with E-state index in [9.17, 15) is 14.7 Å². The molecule has 1 saturated heterocycles. The van der Waals surface area contributed by atoms with Gasteiger partial charge in [0.05, 0.1) is 23.9 Å². The van der Waals surface area contributed by atoms with Gasteiger partial charge in [-0.25, -0.2) is 0 Å². The second-order valence-corrected chi connectivity index (χ2v) is 11.4. The van der Waals surface area contributed by atoms with Crippen molar-refractivity contribution in [3.63, 3.8) is 0 Å². The van der Waals surface area contributed by atoms with E-state index in [1.165, 1.54) is 32.1 Å². The van der Waals surface area contributed by atoms with Crippen LogP contribution in [0.2, 0.25) is 0 Å². The average Bonchev–Trinajstić information content (AvgIpc) is 2.91. The first-order valence-electron chi connectivity index (χ1n) is 14.2. The number of nitrogens with one attached hydrogen (secondary N) is 1. The number of benzene rings is 1. The van der Waals surface area contributed by atoms with Crippen molar-refractivity contribution < 1.29 is 24.2 Å². The van der Waals surface area contributed by atoms with Gasteiger partial charge in [-0.2, -0.15) is 0 Å². The number of ether oxygens (including phenoxy) is 2. The lowest BCUT2D eigenvalue weighted by Crippen LogP contribution is -2.50. The van der Waals surface area contributed by atoms with Crippen LogP contribution in [-0.2, 0) is 9.53 Å². The quantitative estimate of drug-likeness (QED) is 0.548. The van der Waals surface area contributed by atoms with Crippen molar-refractivity contribution in [1.82, 2.24) is 9.80 Å². The average molecular weight is 516 g/mol. The Labute approximate surface area is 221 Å². The highest BCUT2D eigenvalue weighted by molar-refractivity contribution is 6.02. The third-order valence-corrected chi connectivity index (χ3v) is 8.33. The lowest BCUT2D eigenvalue weighted by Gasteiger charge is -2.39. The SMILES string of the molecule is C[C@H](CO)N1C[C@H](C)[C@H](CN(C)CC2CCCCC2)Oc2c(NC(=O)C3CCOCC3)cccc2C1=O. The fourth-order valence-corrected chi connectivity index (χ4v) is 5.95. The van der Waals surface area contributed by atoms with Crippen molar-refractivity contribution in [2.24, 2.45) is 17.8 Å². The molecule has 4 rings (SSSR count). The van der Waals surface area contributed by atoms with Gasteiger partial charge in [-0.15, -0.1) is 0 Å². The number of nitrogens with zero attached hydrogens (tertiary/aromatic N) is 2. The highest BCUT2D eigenvalue weighted by Crippen LogP contribution is 2.36. The summed E-state index contributed by atoms with van der Waals surface area (Å²) in [5.74, 6) is 0.839. The van der Waals surface area contributed by atoms with Crippen molar-refractivity contribution in [2.75, 3.05) is 51.8 Å². The van der Waals surface area contributed by atoms with Crippen LogP contribution >= 0.6 is 0 Å². The lowest BCUT2D eigenvalue weighted by atomic mass is 9.89. The van der Waals surface area contributed by atoms with E-state index < -0.39 is 0 Å². The zero-order valence-electron chi connectivity index (χ0n) is 22.8. The van der Waals surface area contributed by atoms with Gasteiger partial charge in [0, 0.05) is 44.7 Å². The number of likely N-dealkylation sites (N-methyl/N-ethyl adjacent to an activating group) is 1. The van der Waals surface area contributed by atoms with E-state index in [0.29, 0.717) is 49.6 Å². The summed E-state index contributed by atoms with van der Waals surface area (Å²) in [5.41, 5.74) is 0.963. The molecule has 2 aliphatic heterocycles. The molecule has 1 aromatic rings. The monoisotopic (exact) mass is 515 g/mol. The number of hydrogen-bond acceptors (Lipinski definition) is 6. The van der Waals surface area contributed by atoms with Crippen LogP contribution in [0.25, 0.3) is 0 Å². The molecular formula is C29H45N3O5. The Morgan fingerprint density at radius 2 is 1.89 bits per heavy atom. The van der Waals surface area contributed by atoms with Crippen molar-refractivity contribution in [3.05, 3.63) is 23.8 Å². The number of aliphatic hydroxyl groups excluding tert-OH is 1. The van der Waals surface area contributed by atoms with Gasteiger partial charge in [-0.05, 0) is 57.7 Å². The van der Waals surface area contributed by atoms with E-state index in [2.05, 4.69) is 24.2 Å². The maximum atomic E-state index is 13.7. The Hall–Kier alpha value is -2.16. The molecule has 0 unspecified atom stereocenters. The third-order valence-electron chi connectivity index (χ3n) is 8.33. The van der Waals surface area contributed by atoms with Crippen LogP contribution in [0.15, 0.2) is 18.2 Å². The van der Waals surface area contributed by atoms with Gasteiger partial charge in [0.2, 0.25) is 5.91 Å². The van der Waals surface area contributed by atoms with Crippen LogP contribution in [-0.4, -0.2) is 85.4 Å². The number of para-hydroxylation sites is 1. The maximum absolute atomic E-state index is 13.7. The maximum Gasteiger partial charge on any atom is 0.258 e. The summed E-state index contributed by atoms with van der Waals surface area (Å²) in [5, 5.41) is 13.0. The molecule has 0 bridgehead atoms. The fourth-order valence-electron chi connectivity index (χ4n) is 5.95. The molecule has 2 heterocycles. The number of amides is 2. The highest BCUT2D eigenvalue weighted by atomic mass is 16.5. The molecule has 8 nitrogen and oxygen atoms in total. The van der Waals surface area contributed by atoms with E-state index in [-0.39, 0.29) is 42.4 Å². The van der Waals surface area contributed by atoms with E-state index in [0.717, 1.165) is 19.0 Å². The van der Waals surface area contributed by atoms with Crippen molar-refractivity contribution in [1.29, 1.82) is 0 Å². The number of aliphatic hydroxyl groups is 1. The minimum Gasteiger partial charge on any atom is -0.486 e. The number of carbonyl (C=O) groups excluding carboxylic acids is 2. The van der Waals surface area contributed by atoms with E-state index in [1.54, 1.807) is 17.0 Å². The van der Waals surface area contributed by atoms with E-state index in [4.69, 9.17) is 9.47 Å². The Morgan fingerprint density at radius 1 is 1.16 bits per heavy atom. The fraction of sp³-hybridized carbons (Fsp3) is 0.724. The third kappa shape index (κ3) is 7.03. The summed E-state index contributed by atoms with van der Waals surface area (Å²) in [7, 11) is 2.16. The Morgan fingerprint density at radius 3 is 2.59 bits per heavy atom. The van der Waals surface area contributed by atoms with Crippen LogP contribution in [0.3, 0.4) is 0 Å². The highest BCUT2D eigenvalue weighted by Gasteiger charge is 2.35. The summed E-state index contributed by atoms with van der Waals surface area (Å²) in [6.45, 7) is 7.31. The molecule has 0 aromatic heterocycles. The van der Waals surface area contributed by atoms with Crippen LogP contribution in [0.1, 0.15) is 69.2 Å². The van der Waals surface area contributed by atoms with Crippen molar-refractivity contribution in [2.45, 2.75) is 70.9 Å². The number of hydrogen-bond donors (Lipinski definition) is 2. The van der Waals surface area contributed by atoms with Gasteiger partial charge < -0.3 is 29.7 Å². The Bertz CT molecular complexity index is 913. The van der Waals surface area contributed by atoms with Crippen LogP contribution in [0.5, 0.6) is 5.75 Å². The van der Waals surface area contributed by atoms with Gasteiger partial charge >= 0.3 is 0 Å². The summed E-state index contributed by atoms with van der Waals surface area (Å²) < 4.78 is 12.1. The minimum atomic E-state index is -0.318. The molecular weight excluding hydrogens is 470 g/mol. The van der Waals surface area contributed by atoms with Gasteiger partial charge in [-0.1, -0.05) is 32.3 Å². The predicted octanol–water partition coefficient (Wildman–Crippen LogP) is 3.78. The number of anilines is 1. The van der Waals surface area contributed by atoms with Gasteiger partial charge in [0.25, 0.3) is 5.91 Å². The second kappa shape index (κ2) is 13.1. The molecule has 37 heavy (non-hydrogen) atoms.